The molecule has 2 heterocycles. The highest BCUT2D eigenvalue weighted by Gasteiger charge is 2.19. The number of thioether (sulfide) groups is 1. The third-order valence-electron chi connectivity index (χ3n) is 2.40. The molecule has 1 aliphatic heterocycles. The highest BCUT2D eigenvalue weighted by molar-refractivity contribution is 8.00. The van der Waals surface area contributed by atoms with Gasteiger partial charge in [0.25, 0.3) is 0 Å². The zero-order valence-corrected chi connectivity index (χ0v) is 9.54. The van der Waals surface area contributed by atoms with Gasteiger partial charge in [-0.2, -0.15) is 0 Å². The first-order valence-corrected chi connectivity index (χ1v) is 6.06. The minimum Gasteiger partial charge on any atom is -0.387 e. The topological polar surface area (TPSA) is 42.4 Å². The van der Waals surface area contributed by atoms with Gasteiger partial charge in [-0.25, -0.2) is 0 Å². The Hall–Kier alpha value is -0.580. The van der Waals surface area contributed by atoms with Crippen LogP contribution in [0.15, 0.2) is 23.2 Å². The number of nitrogens with zero attached hydrogens (tertiary/aromatic N) is 1. The molecule has 0 amide bonds. The number of rotatable bonds is 4. The van der Waals surface area contributed by atoms with Crippen LogP contribution in [0.2, 0.25) is 0 Å². The first-order chi connectivity index (χ1) is 7.29. The zero-order valence-electron chi connectivity index (χ0n) is 8.72. The van der Waals surface area contributed by atoms with Gasteiger partial charge in [-0.05, 0) is 18.6 Å². The van der Waals surface area contributed by atoms with Gasteiger partial charge in [0.15, 0.2) is 0 Å². The van der Waals surface area contributed by atoms with Crippen molar-refractivity contribution in [3.05, 3.63) is 24.0 Å². The number of aliphatic hydroxyl groups excluding tert-OH is 1. The number of aliphatic hydroxyl groups is 1. The van der Waals surface area contributed by atoms with Crippen LogP contribution in [0.1, 0.15) is 25.1 Å². The lowest BCUT2D eigenvalue weighted by Gasteiger charge is -2.25. The molecule has 0 bridgehead atoms. The Morgan fingerprint density at radius 2 is 2.40 bits per heavy atom. The van der Waals surface area contributed by atoms with E-state index in [1.807, 2.05) is 25.3 Å². The largest absolute Gasteiger partial charge is 0.387 e. The monoisotopic (exact) mass is 225 g/mol. The summed E-state index contributed by atoms with van der Waals surface area (Å²) in [7, 11) is 0. The van der Waals surface area contributed by atoms with Crippen molar-refractivity contribution in [2.45, 2.75) is 29.6 Å². The van der Waals surface area contributed by atoms with Crippen molar-refractivity contribution in [2.24, 2.45) is 0 Å². The summed E-state index contributed by atoms with van der Waals surface area (Å²) in [4.78, 5) is 5.40. The normalized spacial score (nSPS) is 18.5. The summed E-state index contributed by atoms with van der Waals surface area (Å²) in [6.45, 7) is 3.62. The van der Waals surface area contributed by atoms with Crippen molar-refractivity contribution in [2.75, 3.05) is 13.2 Å². The molecule has 82 valence electrons. The van der Waals surface area contributed by atoms with Crippen molar-refractivity contribution in [1.82, 2.24) is 4.98 Å². The number of hydrogen-bond donors (Lipinski definition) is 1. The Balaban J connectivity index is 1.96. The number of pyridine rings is 1. The van der Waals surface area contributed by atoms with Gasteiger partial charge in [-0.15, -0.1) is 11.8 Å². The van der Waals surface area contributed by atoms with Crippen LogP contribution >= 0.6 is 11.8 Å². The lowest BCUT2D eigenvalue weighted by molar-refractivity contribution is 0.0455. The fraction of sp³-hybridized carbons (Fsp3) is 0.545. The Kier molecular flexibility index (Phi) is 3.61. The van der Waals surface area contributed by atoms with E-state index in [0.717, 1.165) is 23.8 Å². The van der Waals surface area contributed by atoms with E-state index in [1.54, 1.807) is 11.8 Å². The second kappa shape index (κ2) is 4.96. The molecule has 0 spiro atoms. The predicted octanol–water partition coefficient (Wildman–Crippen LogP) is 2.02. The van der Waals surface area contributed by atoms with Crippen molar-refractivity contribution >= 4 is 11.8 Å². The second-order valence-corrected chi connectivity index (χ2v) is 4.99. The van der Waals surface area contributed by atoms with E-state index in [0.29, 0.717) is 11.7 Å². The summed E-state index contributed by atoms with van der Waals surface area (Å²) in [5.74, 6) is 0. The molecule has 1 unspecified atom stereocenters. The van der Waals surface area contributed by atoms with Crippen LogP contribution in [0.5, 0.6) is 0 Å². The van der Waals surface area contributed by atoms with Gasteiger partial charge in [-0.3, -0.25) is 4.98 Å². The van der Waals surface area contributed by atoms with E-state index in [9.17, 15) is 5.11 Å². The lowest BCUT2D eigenvalue weighted by Crippen LogP contribution is -2.30. The molecule has 1 saturated heterocycles. The molecular formula is C11H15NO2S. The van der Waals surface area contributed by atoms with Gasteiger partial charge in [-0.1, -0.05) is 6.92 Å². The maximum Gasteiger partial charge on any atom is 0.0957 e. The van der Waals surface area contributed by atoms with Crippen LogP contribution in [-0.4, -0.2) is 28.6 Å². The lowest BCUT2D eigenvalue weighted by atomic mass is 10.2. The quantitative estimate of drug-likeness (QED) is 0.851. The van der Waals surface area contributed by atoms with E-state index < -0.39 is 6.10 Å². The van der Waals surface area contributed by atoms with Crippen LogP contribution in [0.25, 0.3) is 0 Å². The minimum absolute atomic E-state index is 0.434. The Morgan fingerprint density at radius 3 is 2.87 bits per heavy atom. The molecular weight excluding hydrogens is 210 g/mol. The maximum atomic E-state index is 9.57. The molecule has 1 atom stereocenters. The van der Waals surface area contributed by atoms with Crippen LogP contribution in [-0.2, 0) is 4.74 Å². The molecule has 1 N–H and O–H groups in total. The van der Waals surface area contributed by atoms with Gasteiger partial charge >= 0.3 is 0 Å². The fourth-order valence-corrected chi connectivity index (χ4v) is 2.32. The Labute approximate surface area is 93.9 Å². The minimum atomic E-state index is -0.434. The number of aromatic nitrogens is 1. The van der Waals surface area contributed by atoms with Gasteiger partial charge in [0, 0.05) is 11.1 Å². The Bertz CT molecular complexity index is 311. The van der Waals surface area contributed by atoms with E-state index in [2.05, 4.69) is 4.98 Å². The van der Waals surface area contributed by atoms with Crippen molar-refractivity contribution < 1.29 is 9.84 Å². The van der Waals surface area contributed by atoms with Crippen LogP contribution in [0.3, 0.4) is 0 Å². The van der Waals surface area contributed by atoms with Crippen LogP contribution in [0.4, 0.5) is 0 Å². The molecule has 1 fully saturated rings. The van der Waals surface area contributed by atoms with Crippen LogP contribution < -0.4 is 0 Å². The summed E-state index contributed by atoms with van der Waals surface area (Å²) in [6.07, 6.45) is 2.10. The van der Waals surface area contributed by atoms with Crippen molar-refractivity contribution in [1.29, 1.82) is 0 Å². The van der Waals surface area contributed by atoms with Crippen molar-refractivity contribution in [3.63, 3.8) is 0 Å². The molecule has 0 radical (unpaired) electrons. The van der Waals surface area contributed by atoms with Crippen LogP contribution in [0, 0.1) is 0 Å². The molecule has 2 rings (SSSR count). The molecule has 15 heavy (non-hydrogen) atoms. The van der Waals surface area contributed by atoms with E-state index in [1.165, 1.54) is 0 Å². The molecule has 4 heteroatoms. The molecule has 1 aromatic rings. The van der Waals surface area contributed by atoms with Gasteiger partial charge < -0.3 is 9.84 Å². The second-order valence-electron chi connectivity index (χ2n) is 3.62. The third kappa shape index (κ3) is 2.71. The predicted molar refractivity (Wildman–Crippen MR) is 60.0 cm³/mol. The molecule has 0 saturated carbocycles. The first-order valence-electron chi connectivity index (χ1n) is 5.18. The van der Waals surface area contributed by atoms with E-state index >= 15 is 0 Å². The zero-order chi connectivity index (χ0) is 10.7. The van der Waals surface area contributed by atoms with Gasteiger partial charge in [0.1, 0.15) is 0 Å². The summed E-state index contributed by atoms with van der Waals surface area (Å²) in [6, 6.07) is 3.92. The fourth-order valence-electron chi connectivity index (χ4n) is 1.34. The summed E-state index contributed by atoms with van der Waals surface area (Å²) in [5, 5.41) is 10.1. The molecule has 0 aliphatic carbocycles. The molecule has 1 aromatic heterocycles. The number of hydrogen-bond acceptors (Lipinski definition) is 4. The molecule has 0 aromatic carbocycles. The van der Waals surface area contributed by atoms with Gasteiger partial charge in [0.05, 0.1) is 30.3 Å². The molecule has 1 aliphatic rings. The highest BCUT2D eigenvalue weighted by atomic mass is 32.2. The third-order valence-corrected chi connectivity index (χ3v) is 3.52. The average Bonchev–Trinajstić information content (AvgIpc) is 2.23. The Morgan fingerprint density at radius 1 is 1.60 bits per heavy atom. The van der Waals surface area contributed by atoms with E-state index in [-0.39, 0.29) is 0 Å². The molecule has 3 nitrogen and oxygen atoms in total. The summed E-state index contributed by atoms with van der Waals surface area (Å²) >= 11 is 1.79. The highest BCUT2D eigenvalue weighted by Crippen LogP contribution is 2.28. The SMILES string of the molecule is CCC(O)c1ccc(SC2COC2)cn1. The standard InChI is InChI=1S/C11H15NO2S/c1-2-11(13)10-4-3-8(5-12-10)15-9-6-14-7-9/h3-5,9,11,13H,2,6-7H2,1H3. The number of ether oxygens (including phenoxy) is 1. The van der Waals surface area contributed by atoms with Gasteiger partial charge in [0.2, 0.25) is 0 Å². The summed E-state index contributed by atoms with van der Waals surface area (Å²) < 4.78 is 5.11. The summed E-state index contributed by atoms with van der Waals surface area (Å²) in [5.41, 5.74) is 0.756. The average molecular weight is 225 g/mol. The maximum absolute atomic E-state index is 9.57. The van der Waals surface area contributed by atoms with E-state index in [4.69, 9.17) is 4.74 Å². The smallest absolute Gasteiger partial charge is 0.0957 e. The van der Waals surface area contributed by atoms with Crippen molar-refractivity contribution in [3.8, 4) is 0 Å². The first kappa shape index (κ1) is 10.9.